The highest BCUT2D eigenvalue weighted by Gasteiger charge is 2.25. The van der Waals surface area contributed by atoms with Crippen molar-refractivity contribution in [3.63, 3.8) is 0 Å². The van der Waals surface area contributed by atoms with Crippen LogP contribution in [0, 0.1) is 11.7 Å². The number of benzene rings is 2. The molecule has 0 spiro atoms. The van der Waals surface area contributed by atoms with E-state index in [4.69, 9.17) is 14.5 Å². The van der Waals surface area contributed by atoms with E-state index in [2.05, 4.69) is 6.92 Å². The normalized spacial score (nSPS) is 15.0. The van der Waals surface area contributed by atoms with E-state index in [1.165, 1.54) is 41.9 Å². The molecule has 0 radical (unpaired) electrons. The molecule has 6 nitrogen and oxygen atoms in total. The van der Waals surface area contributed by atoms with Crippen LogP contribution in [0.3, 0.4) is 0 Å². The summed E-state index contributed by atoms with van der Waals surface area (Å²) in [4.78, 5) is 33.7. The first-order chi connectivity index (χ1) is 17.9. The summed E-state index contributed by atoms with van der Waals surface area (Å²) >= 11 is 2.75. The predicted molar refractivity (Wildman–Crippen MR) is 146 cm³/mol. The molecule has 0 saturated carbocycles. The first kappa shape index (κ1) is 25.5. The molecular formula is C28H27FN2O4S2. The van der Waals surface area contributed by atoms with Crippen LogP contribution in [-0.4, -0.2) is 34.8 Å². The van der Waals surface area contributed by atoms with Crippen LogP contribution < -0.4 is 15.0 Å². The molecule has 37 heavy (non-hydrogen) atoms. The molecule has 4 aromatic rings. The van der Waals surface area contributed by atoms with Crippen LogP contribution in [0.5, 0.6) is 11.5 Å². The molecule has 1 unspecified atom stereocenters. The summed E-state index contributed by atoms with van der Waals surface area (Å²) in [5, 5.41) is 1.10. The second-order valence-electron chi connectivity index (χ2n) is 9.05. The fourth-order valence-electron chi connectivity index (χ4n) is 4.61. The van der Waals surface area contributed by atoms with Crippen molar-refractivity contribution >= 4 is 39.1 Å². The lowest BCUT2D eigenvalue weighted by Gasteiger charge is -2.18. The summed E-state index contributed by atoms with van der Waals surface area (Å²) in [6.07, 6.45) is 2.86. The Labute approximate surface area is 222 Å². The average molecular weight is 539 g/mol. The van der Waals surface area contributed by atoms with Gasteiger partial charge in [-0.25, -0.2) is 9.37 Å². The van der Waals surface area contributed by atoms with Crippen molar-refractivity contribution in [3.8, 4) is 17.2 Å². The van der Waals surface area contributed by atoms with Crippen molar-refractivity contribution in [2.45, 2.75) is 38.3 Å². The maximum Gasteiger partial charge on any atom is 0.267 e. The number of carbonyl (C=O) groups excluding carboxylic acids is 1. The molecule has 2 aromatic carbocycles. The second-order valence-corrected chi connectivity index (χ2v) is 11.1. The maximum absolute atomic E-state index is 14.2. The molecule has 2 aromatic heterocycles. The lowest BCUT2D eigenvalue weighted by molar-refractivity contribution is 0.102. The van der Waals surface area contributed by atoms with Crippen LogP contribution in [0.2, 0.25) is 0 Å². The fraction of sp³-hybridized carbons (Fsp3) is 0.321. The Morgan fingerprint density at radius 3 is 2.73 bits per heavy atom. The van der Waals surface area contributed by atoms with Gasteiger partial charge in [-0.15, -0.1) is 11.3 Å². The van der Waals surface area contributed by atoms with Gasteiger partial charge in [0.2, 0.25) is 0 Å². The lowest BCUT2D eigenvalue weighted by atomic mass is 9.89. The minimum Gasteiger partial charge on any atom is -0.494 e. The molecular weight excluding hydrogens is 511 g/mol. The molecule has 0 bridgehead atoms. The average Bonchev–Trinajstić information content (AvgIpc) is 3.25. The van der Waals surface area contributed by atoms with Gasteiger partial charge in [0, 0.05) is 10.4 Å². The van der Waals surface area contributed by atoms with Crippen molar-refractivity contribution in [2.24, 2.45) is 5.92 Å². The number of aryl methyl sites for hydroxylation is 1. The van der Waals surface area contributed by atoms with Gasteiger partial charge in [-0.05, 0) is 80.1 Å². The van der Waals surface area contributed by atoms with Crippen molar-refractivity contribution in [1.29, 1.82) is 0 Å². The molecule has 0 N–H and O–H groups in total. The molecule has 0 amide bonds. The van der Waals surface area contributed by atoms with Gasteiger partial charge in [-0.3, -0.25) is 14.2 Å². The largest absolute Gasteiger partial charge is 0.494 e. The highest BCUT2D eigenvalue weighted by atomic mass is 32.2. The van der Waals surface area contributed by atoms with E-state index in [-0.39, 0.29) is 28.4 Å². The fourth-order valence-corrected chi connectivity index (χ4v) is 6.94. The summed E-state index contributed by atoms with van der Waals surface area (Å²) < 4.78 is 26.3. The maximum atomic E-state index is 14.2. The number of methoxy groups -OCH3 is 1. The van der Waals surface area contributed by atoms with Crippen LogP contribution in [0.25, 0.3) is 15.9 Å². The third-order valence-electron chi connectivity index (χ3n) is 6.51. The number of halogens is 1. The first-order valence-corrected chi connectivity index (χ1v) is 14.0. The monoisotopic (exact) mass is 538 g/mol. The summed E-state index contributed by atoms with van der Waals surface area (Å²) in [5.41, 5.74) is 1.86. The van der Waals surface area contributed by atoms with Gasteiger partial charge in [-0.2, -0.15) is 0 Å². The zero-order valence-electron chi connectivity index (χ0n) is 20.9. The van der Waals surface area contributed by atoms with E-state index in [1.54, 1.807) is 15.9 Å². The summed E-state index contributed by atoms with van der Waals surface area (Å²) in [6.45, 7) is 4.69. The van der Waals surface area contributed by atoms with Gasteiger partial charge in [0.15, 0.2) is 22.5 Å². The number of nitrogens with zero attached hydrogens (tertiary/aromatic N) is 2. The Kier molecular flexibility index (Phi) is 7.35. The summed E-state index contributed by atoms with van der Waals surface area (Å²) in [7, 11) is 1.38. The van der Waals surface area contributed by atoms with Crippen LogP contribution in [-0.2, 0) is 12.8 Å². The third kappa shape index (κ3) is 5.02. The molecule has 0 aliphatic heterocycles. The van der Waals surface area contributed by atoms with Gasteiger partial charge >= 0.3 is 0 Å². The van der Waals surface area contributed by atoms with Gasteiger partial charge < -0.3 is 9.47 Å². The molecule has 9 heteroatoms. The quantitative estimate of drug-likeness (QED) is 0.154. The van der Waals surface area contributed by atoms with Crippen molar-refractivity contribution in [1.82, 2.24) is 9.55 Å². The minimum atomic E-state index is -0.595. The van der Waals surface area contributed by atoms with Crippen LogP contribution in [0.15, 0.2) is 52.4 Å². The topological polar surface area (TPSA) is 70.4 Å². The Balaban J connectivity index is 1.55. The lowest BCUT2D eigenvalue weighted by Crippen LogP contribution is -2.23. The zero-order chi connectivity index (χ0) is 26.1. The Morgan fingerprint density at radius 1 is 1.24 bits per heavy atom. The Hall–Kier alpha value is -3.17. The van der Waals surface area contributed by atoms with Crippen molar-refractivity contribution in [2.75, 3.05) is 19.5 Å². The van der Waals surface area contributed by atoms with Crippen LogP contribution >= 0.6 is 23.1 Å². The number of thioether (sulfide) groups is 1. The number of fused-ring (bicyclic) bond motifs is 3. The molecule has 0 saturated heterocycles. The number of hydrogen-bond acceptors (Lipinski definition) is 7. The van der Waals surface area contributed by atoms with E-state index in [0.717, 1.165) is 24.8 Å². The molecule has 0 fully saturated rings. The zero-order valence-corrected chi connectivity index (χ0v) is 22.5. The molecule has 1 aliphatic carbocycles. The highest BCUT2D eigenvalue weighted by Crippen LogP contribution is 2.37. The van der Waals surface area contributed by atoms with E-state index >= 15 is 0 Å². The first-order valence-electron chi connectivity index (χ1n) is 12.2. The standard InChI is InChI=1S/C28H27FN2O4S2/c1-4-35-19-9-7-18(8-10-19)31-27(33)25-20-11-5-16(2)13-24(20)37-26(25)30-28(31)36-15-22(32)17-6-12-23(34-3)21(29)14-17/h6-10,12,14,16H,4-5,11,13,15H2,1-3H3. The van der Waals surface area contributed by atoms with Gasteiger partial charge in [0.05, 0.1) is 30.5 Å². The molecule has 1 atom stereocenters. The van der Waals surface area contributed by atoms with E-state index in [1.807, 2.05) is 31.2 Å². The number of hydrogen-bond donors (Lipinski definition) is 0. The predicted octanol–water partition coefficient (Wildman–Crippen LogP) is 6.09. The van der Waals surface area contributed by atoms with E-state index in [9.17, 15) is 14.0 Å². The molecule has 2 heterocycles. The number of thiophene rings is 1. The van der Waals surface area contributed by atoms with Gasteiger partial charge in [0.25, 0.3) is 5.56 Å². The number of ketones is 1. The summed E-state index contributed by atoms with van der Waals surface area (Å²) in [5.74, 6) is 0.507. The van der Waals surface area contributed by atoms with Crippen molar-refractivity contribution < 1.29 is 18.7 Å². The number of ether oxygens (including phenoxy) is 2. The smallest absolute Gasteiger partial charge is 0.267 e. The van der Waals surface area contributed by atoms with E-state index in [0.29, 0.717) is 39.3 Å². The second kappa shape index (κ2) is 10.7. The van der Waals surface area contributed by atoms with Crippen LogP contribution in [0.4, 0.5) is 4.39 Å². The molecule has 1 aliphatic rings. The van der Waals surface area contributed by atoms with Crippen LogP contribution in [0.1, 0.15) is 41.1 Å². The number of aromatic nitrogens is 2. The SMILES string of the molecule is CCOc1ccc(-n2c(SCC(=O)c3ccc(OC)c(F)c3)nc3sc4c(c3c2=O)CCC(C)C4)cc1. The van der Waals surface area contributed by atoms with E-state index < -0.39 is 5.82 Å². The number of carbonyl (C=O) groups is 1. The molecule has 192 valence electrons. The Morgan fingerprint density at radius 2 is 2.03 bits per heavy atom. The summed E-state index contributed by atoms with van der Waals surface area (Å²) in [6, 6.07) is 11.4. The van der Waals surface area contributed by atoms with Crippen molar-refractivity contribution in [3.05, 3.63) is 74.6 Å². The Bertz CT molecular complexity index is 1530. The minimum absolute atomic E-state index is 0.00285. The third-order valence-corrected chi connectivity index (χ3v) is 8.60. The van der Waals surface area contributed by atoms with Gasteiger partial charge in [-0.1, -0.05) is 18.7 Å². The number of Topliss-reactive ketones (excluding diaryl/α,β-unsaturated/α-hetero) is 1. The highest BCUT2D eigenvalue weighted by molar-refractivity contribution is 7.99. The molecule has 5 rings (SSSR count). The van der Waals surface area contributed by atoms with Gasteiger partial charge in [0.1, 0.15) is 10.6 Å². The number of rotatable bonds is 8.